The summed E-state index contributed by atoms with van der Waals surface area (Å²) in [5.41, 5.74) is 0. The SMILES string of the molecule is O=[C-]O.O=[C-]O.O=[C-]O.[La+3]. The van der Waals surface area contributed by atoms with Crippen molar-refractivity contribution in [3.63, 3.8) is 0 Å². The Morgan fingerprint density at radius 3 is 0.700 bits per heavy atom. The monoisotopic (exact) mass is 274 g/mol. The maximum Gasteiger partial charge on any atom is 3.00 e. The molecule has 0 aliphatic rings. The molecule has 0 atom stereocenters. The summed E-state index contributed by atoms with van der Waals surface area (Å²) in [5, 5.41) is 20.3. The van der Waals surface area contributed by atoms with E-state index in [1.807, 2.05) is 0 Å². The molecule has 0 fully saturated rings. The molecule has 6 nitrogen and oxygen atoms in total. The van der Waals surface area contributed by atoms with Gasteiger partial charge in [-0.15, -0.1) is 0 Å². The van der Waals surface area contributed by atoms with Crippen molar-refractivity contribution >= 4 is 19.4 Å². The summed E-state index contributed by atoms with van der Waals surface area (Å²) in [6, 6.07) is 0. The molecule has 0 heterocycles. The molecule has 0 aromatic heterocycles. The van der Waals surface area contributed by atoms with E-state index in [1.165, 1.54) is 0 Å². The van der Waals surface area contributed by atoms with Crippen LogP contribution in [0.4, 0.5) is 0 Å². The largest absolute Gasteiger partial charge is 3.00 e. The molecule has 0 bridgehead atoms. The Kier molecular flexibility index (Phi) is 166. The van der Waals surface area contributed by atoms with Gasteiger partial charge in [0, 0.05) is 0 Å². The Hall–Kier alpha value is -0.395. The minimum absolute atomic E-state index is 0. The van der Waals surface area contributed by atoms with Crippen LogP contribution in [0.25, 0.3) is 0 Å². The van der Waals surface area contributed by atoms with Gasteiger partial charge in [0.15, 0.2) is 0 Å². The molecule has 0 rings (SSSR count). The molecule has 0 spiro atoms. The van der Waals surface area contributed by atoms with E-state index in [9.17, 15) is 0 Å². The van der Waals surface area contributed by atoms with Gasteiger partial charge in [-0.05, 0) is 0 Å². The van der Waals surface area contributed by atoms with Crippen LogP contribution in [0.1, 0.15) is 0 Å². The molecule has 0 amide bonds. The molecule has 0 aliphatic carbocycles. The van der Waals surface area contributed by atoms with E-state index in [2.05, 4.69) is 0 Å². The van der Waals surface area contributed by atoms with Gasteiger partial charge in [-0.1, -0.05) is 19.4 Å². The molecule has 0 aromatic rings. The van der Waals surface area contributed by atoms with Gasteiger partial charge in [0.2, 0.25) is 0 Å². The summed E-state index contributed by atoms with van der Waals surface area (Å²) in [4.78, 5) is 24.7. The van der Waals surface area contributed by atoms with Crippen molar-refractivity contribution < 1.29 is 65.3 Å². The van der Waals surface area contributed by atoms with Crippen LogP contribution in [0.5, 0.6) is 0 Å². The van der Waals surface area contributed by atoms with Crippen molar-refractivity contribution in [3.05, 3.63) is 0 Å². The summed E-state index contributed by atoms with van der Waals surface area (Å²) >= 11 is 0. The average Bonchev–Trinajstić information content (AvgIpc) is 1.70. The fourth-order valence-electron chi connectivity index (χ4n) is 0. The third kappa shape index (κ3) is 2120. The van der Waals surface area contributed by atoms with Gasteiger partial charge in [0.25, 0.3) is 0 Å². The van der Waals surface area contributed by atoms with Crippen molar-refractivity contribution in [1.82, 2.24) is 0 Å². The first-order valence-electron chi connectivity index (χ1n) is 1.28. The van der Waals surface area contributed by atoms with Crippen LogP contribution in [0.15, 0.2) is 0 Å². The first-order valence-corrected chi connectivity index (χ1v) is 1.28. The topological polar surface area (TPSA) is 112 Å². The van der Waals surface area contributed by atoms with Gasteiger partial charge in [-0.3, -0.25) is 0 Å². The Morgan fingerprint density at radius 2 is 0.700 bits per heavy atom. The molecule has 0 radical (unpaired) electrons. The van der Waals surface area contributed by atoms with Crippen LogP contribution < -0.4 is 0 Å². The maximum absolute atomic E-state index is 8.24. The van der Waals surface area contributed by atoms with Crippen LogP contribution in [0.3, 0.4) is 0 Å². The molecule has 10 heavy (non-hydrogen) atoms. The van der Waals surface area contributed by atoms with Crippen molar-refractivity contribution in [2.45, 2.75) is 0 Å². The maximum atomic E-state index is 8.24. The van der Waals surface area contributed by atoms with E-state index in [1.54, 1.807) is 0 Å². The summed E-state index contributed by atoms with van der Waals surface area (Å²) in [6.45, 7) is 1.50. The van der Waals surface area contributed by atoms with Crippen LogP contribution in [-0.4, -0.2) is 34.7 Å². The Labute approximate surface area is 84.5 Å². The van der Waals surface area contributed by atoms with Gasteiger partial charge >= 0.3 is 35.6 Å². The molecule has 0 aliphatic heterocycles. The number of aliphatic hydroxyl groups excluding tert-OH is 3. The minimum Gasteiger partial charge on any atom is -0.665 e. The van der Waals surface area contributed by atoms with Crippen molar-refractivity contribution in [3.8, 4) is 0 Å². The van der Waals surface area contributed by atoms with Gasteiger partial charge < -0.3 is 29.7 Å². The van der Waals surface area contributed by atoms with Gasteiger partial charge in [-0.2, -0.15) is 0 Å². The zero-order chi connectivity index (χ0) is 8.12. The number of rotatable bonds is 0. The molecule has 0 unspecified atom stereocenters. The molecular weight excluding hydrogens is 271 g/mol. The quantitative estimate of drug-likeness (QED) is 0.480. The average molecular weight is 274 g/mol. The molecule has 54 valence electrons. The van der Waals surface area contributed by atoms with Crippen LogP contribution in [0, 0.1) is 35.6 Å². The molecule has 0 saturated heterocycles. The molecule has 3 N–H and O–H groups in total. The Morgan fingerprint density at radius 1 is 0.700 bits per heavy atom. The Balaban J connectivity index is -0.0000000257. The summed E-state index contributed by atoms with van der Waals surface area (Å²) in [6.07, 6.45) is 0. The number of hydrogen-bond acceptors (Lipinski definition) is 3. The zero-order valence-electron chi connectivity index (χ0n) is 4.64. The van der Waals surface area contributed by atoms with Gasteiger partial charge in [-0.25, -0.2) is 0 Å². The third-order valence-electron chi connectivity index (χ3n) is 0. The fourth-order valence-corrected chi connectivity index (χ4v) is 0. The smallest absolute Gasteiger partial charge is 0.665 e. The molecule has 0 aromatic carbocycles. The number of hydrogen-bond donors (Lipinski definition) is 3. The van der Waals surface area contributed by atoms with E-state index < -0.39 is 0 Å². The predicted octanol–water partition coefficient (Wildman–Crippen LogP) is -1.17. The molecular formula is C3H3LaO6. The van der Waals surface area contributed by atoms with E-state index in [-0.39, 0.29) is 35.6 Å². The van der Waals surface area contributed by atoms with Crippen molar-refractivity contribution in [2.75, 3.05) is 0 Å². The second-order valence-electron chi connectivity index (χ2n) is 0.274. The first-order chi connectivity index (χ1) is 4.24. The third-order valence-corrected chi connectivity index (χ3v) is 0. The fraction of sp³-hybridized carbons (Fsp3) is 0. The van der Waals surface area contributed by atoms with E-state index >= 15 is 0 Å². The van der Waals surface area contributed by atoms with Gasteiger partial charge in [0.1, 0.15) is 0 Å². The van der Waals surface area contributed by atoms with Crippen LogP contribution in [-0.2, 0) is 14.4 Å². The van der Waals surface area contributed by atoms with E-state index in [0.717, 1.165) is 0 Å². The van der Waals surface area contributed by atoms with E-state index in [4.69, 9.17) is 29.7 Å². The minimum atomic E-state index is 0. The van der Waals surface area contributed by atoms with Crippen molar-refractivity contribution in [2.24, 2.45) is 0 Å². The van der Waals surface area contributed by atoms with Gasteiger partial charge in [0.05, 0.1) is 0 Å². The van der Waals surface area contributed by atoms with Crippen molar-refractivity contribution in [1.29, 1.82) is 0 Å². The predicted molar refractivity (Wildman–Crippen MR) is 25.0 cm³/mol. The first kappa shape index (κ1) is 22.6. The second-order valence-corrected chi connectivity index (χ2v) is 0.274. The standard InChI is InChI=1S/3CHO2.La/c3*2-1-3;/h3*(H,2,3);/q3*-1;+3. The summed E-state index contributed by atoms with van der Waals surface area (Å²) < 4.78 is 0. The zero-order valence-corrected chi connectivity index (χ0v) is 8.27. The molecule has 7 heteroatoms. The normalized spacial score (nSPS) is 3.60. The Bertz CT molecular complexity index is 49.7. The summed E-state index contributed by atoms with van der Waals surface area (Å²) in [7, 11) is 0. The van der Waals surface area contributed by atoms with Crippen LogP contribution >= 0.6 is 0 Å². The van der Waals surface area contributed by atoms with E-state index in [0.29, 0.717) is 19.4 Å². The summed E-state index contributed by atoms with van der Waals surface area (Å²) in [5.74, 6) is 0. The second kappa shape index (κ2) is 73.3. The van der Waals surface area contributed by atoms with Crippen LogP contribution in [0.2, 0.25) is 0 Å². The molecule has 0 saturated carbocycles.